The zero-order valence-corrected chi connectivity index (χ0v) is 11.0. The summed E-state index contributed by atoms with van der Waals surface area (Å²) in [6.45, 7) is 0. The fourth-order valence-corrected chi connectivity index (χ4v) is 2.85. The summed E-state index contributed by atoms with van der Waals surface area (Å²) in [5.74, 6) is 0.553. The summed E-state index contributed by atoms with van der Waals surface area (Å²) in [4.78, 5) is 12.0. The third kappa shape index (κ3) is 2.96. The highest BCUT2D eigenvalue weighted by molar-refractivity contribution is 6.18. The van der Waals surface area contributed by atoms with E-state index in [-0.39, 0.29) is 23.6 Å². The quantitative estimate of drug-likeness (QED) is 0.824. The summed E-state index contributed by atoms with van der Waals surface area (Å²) < 4.78 is 0. The molecule has 0 aliphatic heterocycles. The van der Waals surface area contributed by atoms with Gasteiger partial charge in [0.05, 0.1) is 12.0 Å². The Morgan fingerprint density at radius 2 is 2.00 bits per heavy atom. The molecular weight excluding hydrogens is 250 g/mol. The zero-order valence-electron chi connectivity index (χ0n) is 10.3. The lowest BCUT2D eigenvalue weighted by molar-refractivity contribution is -0.122. The first-order chi connectivity index (χ1) is 8.65. The van der Waals surface area contributed by atoms with Crippen LogP contribution in [0.5, 0.6) is 5.75 Å². The van der Waals surface area contributed by atoms with Gasteiger partial charge in [-0.25, -0.2) is 0 Å². The molecular formula is C14H18ClNO2. The molecule has 2 rings (SSSR count). The summed E-state index contributed by atoms with van der Waals surface area (Å²) in [6, 6.07) is 6.91. The number of benzene rings is 1. The molecule has 2 N–H and O–H groups in total. The van der Waals surface area contributed by atoms with Crippen molar-refractivity contribution in [3.05, 3.63) is 29.8 Å². The van der Waals surface area contributed by atoms with Gasteiger partial charge in [-0.15, -0.1) is 11.6 Å². The fourth-order valence-electron chi connectivity index (χ4n) is 2.52. The van der Waals surface area contributed by atoms with Crippen LogP contribution in [0.4, 0.5) is 0 Å². The highest BCUT2D eigenvalue weighted by atomic mass is 35.5. The van der Waals surface area contributed by atoms with Crippen LogP contribution in [-0.4, -0.2) is 22.4 Å². The second kappa shape index (κ2) is 5.61. The van der Waals surface area contributed by atoms with Crippen LogP contribution in [0.15, 0.2) is 24.3 Å². The number of hydrogen-bond acceptors (Lipinski definition) is 2. The van der Waals surface area contributed by atoms with Gasteiger partial charge in [-0.05, 0) is 18.9 Å². The van der Waals surface area contributed by atoms with Gasteiger partial charge in [0.15, 0.2) is 0 Å². The van der Waals surface area contributed by atoms with E-state index >= 15 is 0 Å². The van der Waals surface area contributed by atoms with Crippen molar-refractivity contribution in [1.29, 1.82) is 0 Å². The molecule has 0 atom stereocenters. The number of alkyl halides is 1. The zero-order chi connectivity index (χ0) is 13.0. The SMILES string of the molecule is O=C(Cc1ccccc1O)NC1(CCl)CCCC1. The standard InChI is InChI=1S/C14H18ClNO2/c15-10-14(7-3-4-8-14)16-13(18)9-11-5-1-2-6-12(11)17/h1-2,5-6,17H,3-4,7-10H2,(H,16,18). The maximum Gasteiger partial charge on any atom is 0.225 e. The number of rotatable bonds is 4. The van der Waals surface area contributed by atoms with E-state index in [1.54, 1.807) is 18.2 Å². The van der Waals surface area contributed by atoms with E-state index < -0.39 is 0 Å². The van der Waals surface area contributed by atoms with E-state index in [1.807, 2.05) is 6.07 Å². The van der Waals surface area contributed by atoms with E-state index in [9.17, 15) is 9.90 Å². The van der Waals surface area contributed by atoms with Gasteiger partial charge in [0.2, 0.25) is 5.91 Å². The molecule has 1 aromatic rings. The molecule has 1 fully saturated rings. The Morgan fingerprint density at radius 3 is 2.61 bits per heavy atom. The third-order valence-corrected chi connectivity index (χ3v) is 4.08. The van der Waals surface area contributed by atoms with Crippen molar-refractivity contribution in [2.45, 2.75) is 37.6 Å². The maximum atomic E-state index is 12.0. The minimum atomic E-state index is -0.233. The summed E-state index contributed by atoms with van der Waals surface area (Å²) in [6.07, 6.45) is 4.32. The van der Waals surface area contributed by atoms with E-state index in [1.165, 1.54) is 0 Å². The average molecular weight is 268 g/mol. The van der Waals surface area contributed by atoms with Gasteiger partial charge >= 0.3 is 0 Å². The third-order valence-electron chi connectivity index (χ3n) is 3.56. The Bertz CT molecular complexity index is 428. The Kier molecular flexibility index (Phi) is 4.12. The molecule has 98 valence electrons. The fraction of sp³-hybridized carbons (Fsp3) is 0.500. The summed E-state index contributed by atoms with van der Waals surface area (Å²) in [5.41, 5.74) is 0.418. The minimum Gasteiger partial charge on any atom is -0.508 e. The van der Waals surface area contributed by atoms with E-state index in [0.29, 0.717) is 11.4 Å². The number of phenolic OH excluding ortho intramolecular Hbond substituents is 1. The summed E-state index contributed by atoms with van der Waals surface area (Å²) in [5, 5.41) is 12.7. The lowest BCUT2D eigenvalue weighted by Crippen LogP contribution is -2.48. The van der Waals surface area contributed by atoms with Crippen molar-refractivity contribution in [3.8, 4) is 5.75 Å². The Hall–Kier alpha value is -1.22. The topological polar surface area (TPSA) is 49.3 Å². The van der Waals surface area contributed by atoms with Crippen molar-refractivity contribution in [2.24, 2.45) is 0 Å². The molecule has 1 aromatic carbocycles. The summed E-state index contributed by atoms with van der Waals surface area (Å²) >= 11 is 5.98. The number of hydrogen-bond donors (Lipinski definition) is 2. The van der Waals surface area contributed by atoms with Crippen LogP contribution in [0.3, 0.4) is 0 Å². The van der Waals surface area contributed by atoms with Crippen LogP contribution in [0.1, 0.15) is 31.2 Å². The number of nitrogens with one attached hydrogen (secondary N) is 1. The normalized spacial score (nSPS) is 17.6. The molecule has 1 aliphatic carbocycles. The predicted octanol–water partition coefficient (Wildman–Crippen LogP) is 2.60. The molecule has 0 saturated heterocycles. The molecule has 0 bridgehead atoms. The van der Waals surface area contributed by atoms with Crippen LogP contribution >= 0.6 is 11.6 Å². The largest absolute Gasteiger partial charge is 0.508 e. The number of amides is 1. The van der Waals surface area contributed by atoms with Gasteiger partial charge in [-0.3, -0.25) is 4.79 Å². The molecule has 0 heterocycles. The number of para-hydroxylation sites is 1. The summed E-state index contributed by atoms with van der Waals surface area (Å²) in [7, 11) is 0. The first kappa shape index (κ1) is 13.2. The first-order valence-electron chi connectivity index (χ1n) is 6.29. The number of carbonyl (C=O) groups is 1. The molecule has 0 unspecified atom stereocenters. The number of phenols is 1. The highest BCUT2D eigenvalue weighted by Crippen LogP contribution is 2.30. The lowest BCUT2D eigenvalue weighted by atomic mass is 9.99. The molecule has 0 aromatic heterocycles. The van der Waals surface area contributed by atoms with Crippen LogP contribution in [0, 0.1) is 0 Å². The Morgan fingerprint density at radius 1 is 1.33 bits per heavy atom. The van der Waals surface area contributed by atoms with E-state index in [0.717, 1.165) is 25.7 Å². The Balaban J connectivity index is 1.98. The molecule has 18 heavy (non-hydrogen) atoms. The Labute approximate surface area is 112 Å². The van der Waals surface area contributed by atoms with Gasteiger partial charge in [-0.1, -0.05) is 31.0 Å². The van der Waals surface area contributed by atoms with Gasteiger partial charge in [-0.2, -0.15) is 0 Å². The van der Waals surface area contributed by atoms with Gasteiger partial charge in [0.1, 0.15) is 5.75 Å². The minimum absolute atomic E-state index is 0.0703. The van der Waals surface area contributed by atoms with Crippen LogP contribution < -0.4 is 5.32 Å². The first-order valence-corrected chi connectivity index (χ1v) is 6.82. The molecule has 4 heteroatoms. The van der Waals surface area contributed by atoms with Crippen molar-refractivity contribution in [1.82, 2.24) is 5.32 Å². The molecule has 0 spiro atoms. The molecule has 1 aliphatic rings. The highest BCUT2D eigenvalue weighted by Gasteiger charge is 2.34. The van der Waals surface area contributed by atoms with Gasteiger partial charge in [0, 0.05) is 11.4 Å². The van der Waals surface area contributed by atoms with Gasteiger partial charge in [0.25, 0.3) is 0 Å². The van der Waals surface area contributed by atoms with Crippen molar-refractivity contribution >= 4 is 17.5 Å². The average Bonchev–Trinajstić information content (AvgIpc) is 2.81. The van der Waals surface area contributed by atoms with Crippen LogP contribution in [0.25, 0.3) is 0 Å². The molecule has 1 amide bonds. The van der Waals surface area contributed by atoms with Crippen molar-refractivity contribution < 1.29 is 9.90 Å². The molecule has 0 radical (unpaired) electrons. The van der Waals surface area contributed by atoms with E-state index in [4.69, 9.17) is 11.6 Å². The second-order valence-corrected chi connectivity index (χ2v) is 5.24. The maximum absolute atomic E-state index is 12.0. The molecule has 1 saturated carbocycles. The predicted molar refractivity (Wildman–Crippen MR) is 71.9 cm³/mol. The van der Waals surface area contributed by atoms with E-state index in [2.05, 4.69) is 5.32 Å². The number of halogens is 1. The van der Waals surface area contributed by atoms with Crippen molar-refractivity contribution in [2.75, 3.05) is 5.88 Å². The smallest absolute Gasteiger partial charge is 0.225 e. The molecule has 3 nitrogen and oxygen atoms in total. The monoisotopic (exact) mass is 267 g/mol. The van der Waals surface area contributed by atoms with Crippen molar-refractivity contribution in [3.63, 3.8) is 0 Å². The number of carbonyl (C=O) groups excluding carboxylic acids is 1. The van der Waals surface area contributed by atoms with Crippen LogP contribution in [0.2, 0.25) is 0 Å². The van der Waals surface area contributed by atoms with Gasteiger partial charge < -0.3 is 10.4 Å². The lowest BCUT2D eigenvalue weighted by Gasteiger charge is -2.27. The second-order valence-electron chi connectivity index (χ2n) is 4.97. The van der Waals surface area contributed by atoms with Crippen LogP contribution in [-0.2, 0) is 11.2 Å². The number of aromatic hydroxyl groups is 1.